The second kappa shape index (κ2) is 5.42. The van der Waals surface area contributed by atoms with Crippen LogP contribution in [0.3, 0.4) is 0 Å². The summed E-state index contributed by atoms with van der Waals surface area (Å²) in [4.78, 5) is 10.9. The van der Waals surface area contributed by atoms with E-state index in [2.05, 4.69) is 6.92 Å². The maximum absolute atomic E-state index is 10.9. The average molecular weight is 228 g/mol. The Kier molecular flexibility index (Phi) is 5.81. The largest absolute Gasteiger partial charge is 0.340 e. The number of carbonyl (C=O) groups is 1. The molecule has 11 heavy (non-hydrogen) atoms. The van der Waals surface area contributed by atoms with Crippen LogP contribution in [0.25, 0.3) is 0 Å². The molecule has 1 fully saturated rings. The zero-order valence-corrected chi connectivity index (χ0v) is 10.0. The molecule has 0 aliphatic heterocycles. The molecule has 0 unspecified atom stereocenters. The van der Waals surface area contributed by atoms with Gasteiger partial charge in [-0.1, -0.05) is 12.8 Å². The van der Waals surface area contributed by atoms with Crippen LogP contribution in [-0.4, -0.2) is 5.78 Å². The maximum atomic E-state index is 10.9. The summed E-state index contributed by atoms with van der Waals surface area (Å²) in [6, 6.07) is 0. The fourth-order valence-corrected chi connectivity index (χ4v) is 1.57. The Morgan fingerprint density at radius 3 is 2.09 bits per heavy atom. The molecule has 61 valence electrons. The quantitative estimate of drug-likeness (QED) is 0.629. The Labute approximate surface area is 94.2 Å². The molecular weight excluding hydrogens is 213 g/mol. The Hall–Kier alpha value is 0.774. The van der Waals surface area contributed by atoms with Crippen molar-refractivity contribution in [1.29, 1.82) is 0 Å². The molecule has 0 N–H and O–H groups in total. The van der Waals surface area contributed by atoms with Crippen molar-refractivity contribution in [1.82, 2.24) is 0 Å². The number of rotatable bonds is 1. The van der Waals surface area contributed by atoms with Gasteiger partial charge in [-0.05, 0) is 19.8 Å². The van der Waals surface area contributed by atoms with Crippen LogP contribution in [0.5, 0.6) is 0 Å². The second-order valence-corrected chi connectivity index (χ2v) is 3.33. The van der Waals surface area contributed by atoms with Crippen LogP contribution in [0.4, 0.5) is 0 Å². The minimum absolute atomic E-state index is 0. The Bertz CT molecular complexity index is 126. The fourth-order valence-electron chi connectivity index (χ4n) is 1.57. The van der Waals surface area contributed by atoms with Gasteiger partial charge in [0.25, 0.3) is 0 Å². The summed E-state index contributed by atoms with van der Waals surface area (Å²) in [5.41, 5.74) is 0. The van der Waals surface area contributed by atoms with Gasteiger partial charge in [0.1, 0.15) is 5.78 Å². The monoisotopic (exact) mass is 228 g/mol. The smallest absolute Gasteiger partial charge is 0.132 e. The van der Waals surface area contributed by atoms with E-state index in [0.717, 1.165) is 25.7 Å². The Morgan fingerprint density at radius 2 is 1.73 bits per heavy atom. The average Bonchev–Trinajstić information content (AvgIpc) is 1.88. The first-order valence-electron chi connectivity index (χ1n) is 4.03. The van der Waals surface area contributed by atoms with E-state index in [0.29, 0.717) is 17.6 Å². The van der Waals surface area contributed by atoms with Gasteiger partial charge >= 0.3 is 0 Å². The molecule has 1 radical (unpaired) electrons. The molecule has 1 aliphatic carbocycles. The van der Waals surface area contributed by atoms with Gasteiger partial charge in [-0.3, -0.25) is 4.79 Å². The molecule has 0 aromatic heterocycles. The molecule has 0 spiro atoms. The van der Waals surface area contributed by atoms with Crippen LogP contribution in [0.15, 0.2) is 0 Å². The summed E-state index contributed by atoms with van der Waals surface area (Å²) < 4.78 is 0. The van der Waals surface area contributed by atoms with Crippen LogP contribution in [0.1, 0.15) is 32.6 Å². The summed E-state index contributed by atoms with van der Waals surface area (Å²) in [6.07, 6.45) is 4.43. The van der Waals surface area contributed by atoms with E-state index in [1.165, 1.54) is 0 Å². The summed E-state index contributed by atoms with van der Waals surface area (Å²) in [6.45, 7) is 5.68. The molecule has 0 atom stereocenters. The SMILES string of the molecule is [CH2-]C1CCC(C(C)=O)CC1.[Y]. The third-order valence-corrected chi connectivity index (χ3v) is 2.42. The number of ketones is 1. The summed E-state index contributed by atoms with van der Waals surface area (Å²) in [5.74, 6) is 1.33. The molecule has 0 aromatic rings. The predicted octanol–water partition coefficient (Wildman–Crippen LogP) is 2.21. The van der Waals surface area contributed by atoms with E-state index in [9.17, 15) is 4.79 Å². The van der Waals surface area contributed by atoms with E-state index >= 15 is 0 Å². The number of hydrogen-bond donors (Lipinski definition) is 0. The van der Waals surface area contributed by atoms with Crippen LogP contribution < -0.4 is 0 Å². The molecule has 0 bridgehead atoms. The molecule has 1 aliphatic rings. The van der Waals surface area contributed by atoms with Crippen LogP contribution in [0, 0.1) is 18.8 Å². The Balaban J connectivity index is 0.000001000. The van der Waals surface area contributed by atoms with E-state index in [4.69, 9.17) is 0 Å². The van der Waals surface area contributed by atoms with Crippen LogP contribution >= 0.6 is 0 Å². The molecule has 1 saturated carbocycles. The van der Waals surface area contributed by atoms with Gasteiger partial charge in [-0.2, -0.15) is 5.92 Å². The summed E-state index contributed by atoms with van der Waals surface area (Å²) >= 11 is 0. The molecular formula is C9H15OY-. The molecule has 2 heteroatoms. The van der Waals surface area contributed by atoms with Crippen molar-refractivity contribution < 1.29 is 37.5 Å². The number of hydrogen-bond acceptors (Lipinski definition) is 1. The standard InChI is InChI=1S/C9H15O.Y/c1-7-3-5-9(6-4-7)8(2)10;/h7,9H,1,3-6H2,2H3;/q-1;. The van der Waals surface area contributed by atoms with Gasteiger partial charge in [-0.25, -0.2) is 0 Å². The van der Waals surface area contributed by atoms with Crippen molar-refractivity contribution >= 4 is 5.78 Å². The van der Waals surface area contributed by atoms with Crippen molar-refractivity contribution in [3.05, 3.63) is 6.92 Å². The topological polar surface area (TPSA) is 17.1 Å². The normalized spacial score (nSPS) is 30.7. The predicted molar refractivity (Wildman–Crippen MR) is 41.5 cm³/mol. The van der Waals surface area contributed by atoms with Crippen molar-refractivity contribution in [2.75, 3.05) is 0 Å². The summed E-state index contributed by atoms with van der Waals surface area (Å²) in [7, 11) is 0. The van der Waals surface area contributed by atoms with Gasteiger partial charge in [0.05, 0.1) is 0 Å². The molecule has 1 nitrogen and oxygen atoms in total. The van der Waals surface area contributed by atoms with Gasteiger partial charge in [0, 0.05) is 38.6 Å². The molecule has 0 aromatic carbocycles. The van der Waals surface area contributed by atoms with Gasteiger partial charge in [0.2, 0.25) is 0 Å². The van der Waals surface area contributed by atoms with Crippen LogP contribution in [-0.2, 0) is 37.5 Å². The zero-order valence-electron chi connectivity index (χ0n) is 7.18. The maximum Gasteiger partial charge on any atom is 0.132 e. The second-order valence-electron chi connectivity index (χ2n) is 3.33. The van der Waals surface area contributed by atoms with Crippen molar-refractivity contribution in [3.63, 3.8) is 0 Å². The van der Waals surface area contributed by atoms with Crippen LogP contribution in [0.2, 0.25) is 0 Å². The van der Waals surface area contributed by atoms with Crippen molar-refractivity contribution in [2.45, 2.75) is 32.6 Å². The molecule has 1 rings (SSSR count). The first-order chi connectivity index (χ1) is 4.70. The molecule has 0 saturated heterocycles. The molecule has 0 amide bonds. The minimum atomic E-state index is 0. The first-order valence-corrected chi connectivity index (χ1v) is 4.03. The van der Waals surface area contributed by atoms with Gasteiger partial charge in [0.15, 0.2) is 0 Å². The first kappa shape index (κ1) is 11.8. The van der Waals surface area contributed by atoms with Gasteiger partial charge < -0.3 is 6.92 Å². The number of carbonyl (C=O) groups excluding carboxylic acids is 1. The van der Waals surface area contributed by atoms with E-state index in [-0.39, 0.29) is 32.7 Å². The van der Waals surface area contributed by atoms with E-state index < -0.39 is 0 Å². The number of Topliss-reactive ketones (excluding diaryl/α,β-unsaturated/α-hetero) is 1. The molecule has 0 heterocycles. The zero-order chi connectivity index (χ0) is 7.56. The third kappa shape index (κ3) is 3.80. The Morgan fingerprint density at radius 1 is 1.27 bits per heavy atom. The van der Waals surface area contributed by atoms with Crippen molar-refractivity contribution in [2.24, 2.45) is 11.8 Å². The third-order valence-electron chi connectivity index (χ3n) is 2.42. The van der Waals surface area contributed by atoms with Crippen molar-refractivity contribution in [3.8, 4) is 0 Å². The van der Waals surface area contributed by atoms with Gasteiger partial charge in [-0.15, -0.1) is 0 Å². The fraction of sp³-hybridized carbons (Fsp3) is 0.778. The summed E-state index contributed by atoms with van der Waals surface area (Å²) in [5, 5.41) is 0. The minimum Gasteiger partial charge on any atom is -0.340 e. The van der Waals surface area contributed by atoms with E-state index in [1.807, 2.05) is 0 Å². The van der Waals surface area contributed by atoms with E-state index in [1.54, 1.807) is 6.92 Å².